The molecule has 1 N–H and O–H groups in total. The average Bonchev–Trinajstić information content (AvgIpc) is 2.69. The Morgan fingerprint density at radius 2 is 1.96 bits per heavy atom. The van der Waals surface area contributed by atoms with Crippen LogP contribution in [-0.4, -0.2) is 47.7 Å². The largest absolute Gasteiger partial charge is 0.349 e. The number of piperidine rings is 1. The van der Waals surface area contributed by atoms with Gasteiger partial charge in [-0.2, -0.15) is 4.31 Å². The molecule has 2 heterocycles. The molecule has 1 amide bonds. The van der Waals surface area contributed by atoms with E-state index in [2.05, 4.69) is 10.3 Å². The van der Waals surface area contributed by atoms with Gasteiger partial charge in [-0.1, -0.05) is 6.07 Å². The Hall–Kier alpha value is -2.85. The molecule has 1 fully saturated rings. The summed E-state index contributed by atoms with van der Waals surface area (Å²) in [6.45, 7) is 1.89. The molecule has 0 saturated carbocycles. The number of nitrogens with one attached hydrogen (secondary N) is 1. The number of nitrogens with zero attached hydrogens (tertiary/aromatic N) is 3. The number of pyridine rings is 1. The van der Waals surface area contributed by atoms with Crippen LogP contribution >= 0.6 is 0 Å². The molecular formula is C18H20N4O5S. The highest BCUT2D eigenvalue weighted by molar-refractivity contribution is 7.89. The maximum absolute atomic E-state index is 12.9. The topological polar surface area (TPSA) is 123 Å². The lowest BCUT2D eigenvalue weighted by Crippen LogP contribution is -2.46. The molecule has 1 aliphatic heterocycles. The van der Waals surface area contributed by atoms with E-state index in [1.807, 2.05) is 0 Å². The molecule has 1 aliphatic rings. The van der Waals surface area contributed by atoms with Gasteiger partial charge in [-0.05, 0) is 38.0 Å². The van der Waals surface area contributed by atoms with Crippen molar-refractivity contribution in [3.63, 3.8) is 0 Å². The van der Waals surface area contributed by atoms with Gasteiger partial charge < -0.3 is 5.32 Å². The normalized spacial score (nSPS) is 15.9. The second-order valence-corrected chi connectivity index (χ2v) is 8.46. The summed E-state index contributed by atoms with van der Waals surface area (Å²) in [6, 6.07) is 7.23. The van der Waals surface area contributed by atoms with Crippen molar-refractivity contribution in [2.45, 2.75) is 30.7 Å². The molecule has 0 atom stereocenters. The van der Waals surface area contributed by atoms with E-state index in [4.69, 9.17) is 0 Å². The summed E-state index contributed by atoms with van der Waals surface area (Å²) in [4.78, 5) is 26.6. The van der Waals surface area contributed by atoms with Crippen LogP contribution in [0.4, 0.5) is 5.69 Å². The number of hydrogen-bond donors (Lipinski definition) is 1. The summed E-state index contributed by atoms with van der Waals surface area (Å²) in [5.74, 6) is -0.246. The Balaban J connectivity index is 1.68. The number of sulfonamides is 1. The molecule has 10 heteroatoms. The highest BCUT2D eigenvalue weighted by atomic mass is 32.2. The molecule has 148 valence electrons. The van der Waals surface area contributed by atoms with Gasteiger partial charge in [-0.15, -0.1) is 0 Å². The molecule has 28 heavy (non-hydrogen) atoms. The SMILES string of the molecule is Cc1c([N+](=O)[O-])cccc1S(=O)(=O)N1CCC(NC(=O)c2cccnc2)CC1. The standard InChI is InChI=1S/C18H20N4O5S/c1-13-16(22(24)25)5-2-6-17(13)28(26,27)21-10-7-15(8-11-21)20-18(23)14-4-3-9-19-12-14/h2-6,9,12,15H,7-8,10-11H2,1H3,(H,20,23). The summed E-state index contributed by atoms with van der Waals surface area (Å²) >= 11 is 0. The number of nitro groups is 1. The van der Waals surface area contributed by atoms with Gasteiger partial charge in [0.25, 0.3) is 11.6 Å². The van der Waals surface area contributed by atoms with Crippen molar-refractivity contribution >= 4 is 21.6 Å². The van der Waals surface area contributed by atoms with Crippen LogP contribution in [0, 0.1) is 17.0 Å². The zero-order valence-corrected chi connectivity index (χ0v) is 16.1. The summed E-state index contributed by atoms with van der Waals surface area (Å²) in [5, 5.41) is 14.0. The fourth-order valence-corrected chi connectivity index (χ4v) is 4.94. The first-order chi connectivity index (χ1) is 13.3. The minimum absolute atomic E-state index is 0.0560. The highest BCUT2D eigenvalue weighted by Crippen LogP contribution is 2.28. The van der Waals surface area contributed by atoms with Crippen molar-refractivity contribution in [3.8, 4) is 0 Å². The second kappa shape index (κ2) is 8.03. The Bertz CT molecular complexity index is 986. The van der Waals surface area contributed by atoms with E-state index in [9.17, 15) is 23.3 Å². The van der Waals surface area contributed by atoms with Crippen molar-refractivity contribution in [1.82, 2.24) is 14.6 Å². The van der Waals surface area contributed by atoms with Gasteiger partial charge in [-0.25, -0.2) is 8.42 Å². The summed E-state index contributed by atoms with van der Waals surface area (Å²) in [7, 11) is -3.85. The first kappa shape index (κ1) is 19.9. The van der Waals surface area contributed by atoms with Crippen LogP contribution in [-0.2, 0) is 10.0 Å². The van der Waals surface area contributed by atoms with Gasteiger partial charge in [0.05, 0.1) is 15.4 Å². The third kappa shape index (κ3) is 4.02. The number of nitro benzene ring substituents is 1. The number of carbonyl (C=O) groups excluding carboxylic acids is 1. The number of aromatic nitrogens is 1. The second-order valence-electron chi connectivity index (χ2n) is 6.55. The van der Waals surface area contributed by atoms with Gasteiger partial charge in [0.1, 0.15) is 0 Å². The minimum atomic E-state index is -3.85. The van der Waals surface area contributed by atoms with Gasteiger partial charge in [0, 0.05) is 43.2 Å². The maximum Gasteiger partial charge on any atom is 0.273 e. The summed E-state index contributed by atoms with van der Waals surface area (Å²) < 4.78 is 27.2. The molecule has 9 nitrogen and oxygen atoms in total. The van der Waals surface area contributed by atoms with Crippen LogP contribution in [0.5, 0.6) is 0 Å². The van der Waals surface area contributed by atoms with E-state index in [0.29, 0.717) is 18.4 Å². The smallest absolute Gasteiger partial charge is 0.273 e. The van der Waals surface area contributed by atoms with Crippen LogP contribution in [0.1, 0.15) is 28.8 Å². The average molecular weight is 404 g/mol. The van der Waals surface area contributed by atoms with Gasteiger partial charge >= 0.3 is 0 Å². The zero-order chi connectivity index (χ0) is 20.3. The van der Waals surface area contributed by atoms with Crippen molar-refractivity contribution in [2.75, 3.05) is 13.1 Å². The third-order valence-corrected chi connectivity index (χ3v) is 6.83. The lowest BCUT2D eigenvalue weighted by molar-refractivity contribution is -0.385. The van der Waals surface area contributed by atoms with E-state index in [1.165, 1.54) is 35.6 Å². The zero-order valence-electron chi connectivity index (χ0n) is 15.2. The van der Waals surface area contributed by atoms with E-state index >= 15 is 0 Å². The van der Waals surface area contributed by atoms with E-state index in [-0.39, 0.29) is 41.2 Å². The fraction of sp³-hybridized carbons (Fsp3) is 0.333. The Morgan fingerprint density at radius 3 is 2.57 bits per heavy atom. The molecule has 0 unspecified atom stereocenters. The number of hydrogen-bond acceptors (Lipinski definition) is 6. The molecule has 1 aromatic heterocycles. The monoisotopic (exact) mass is 404 g/mol. The van der Waals surface area contributed by atoms with Crippen molar-refractivity contribution in [1.29, 1.82) is 0 Å². The predicted molar refractivity (Wildman–Crippen MR) is 101 cm³/mol. The van der Waals surface area contributed by atoms with Gasteiger partial charge in [0.2, 0.25) is 10.0 Å². The fourth-order valence-electron chi connectivity index (χ4n) is 3.23. The van der Waals surface area contributed by atoms with Crippen LogP contribution in [0.3, 0.4) is 0 Å². The van der Waals surface area contributed by atoms with E-state index < -0.39 is 14.9 Å². The highest BCUT2D eigenvalue weighted by Gasteiger charge is 2.32. The van der Waals surface area contributed by atoms with Crippen LogP contribution in [0.15, 0.2) is 47.6 Å². The van der Waals surface area contributed by atoms with Crippen molar-refractivity contribution in [2.24, 2.45) is 0 Å². The molecule has 0 bridgehead atoms. The summed E-state index contributed by atoms with van der Waals surface area (Å²) in [6.07, 6.45) is 3.97. The first-order valence-electron chi connectivity index (χ1n) is 8.75. The number of amides is 1. The maximum atomic E-state index is 12.9. The first-order valence-corrected chi connectivity index (χ1v) is 10.2. The van der Waals surface area contributed by atoms with Gasteiger partial charge in [-0.3, -0.25) is 19.9 Å². The molecule has 0 radical (unpaired) electrons. The lowest BCUT2D eigenvalue weighted by Gasteiger charge is -2.31. The quantitative estimate of drug-likeness (QED) is 0.600. The lowest BCUT2D eigenvalue weighted by atomic mass is 10.1. The molecular weight excluding hydrogens is 384 g/mol. The molecule has 1 saturated heterocycles. The Labute approximate surface area is 162 Å². The van der Waals surface area contributed by atoms with Gasteiger partial charge in [0.15, 0.2) is 0 Å². The Kier molecular flexibility index (Phi) is 5.71. The van der Waals surface area contributed by atoms with Crippen molar-refractivity contribution < 1.29 is 18.1 Å². The Morgan fingerprint density at radius 1 is 1.25 bits per heavy atom. The summed E-state index contributed by atoms with van der Waals surface area (Å²) in [5.41, 5.74) is 0.351. The molecule has 1 aromatic carbocycles. The van der Waals surface area contributed by atoms with E-state index in [0.717, 1.165) is 0 Å². The number of carbonyl (C=O) groups is 1. The van der Waals surface area contributed by atoms with Crippen LogP contribution in [0.2, 0.25) is 0 Å². The minimum Gasteiger partial charge on any atom is -0.349 e. The third-order valence-electron chi connectivity index (χ3n) is 4.78. The predicted octanol–water partition coefficient (Wildman–Crippen LogP) is 1.88. The van der Waals surface area contributed by atoms with Crippen LogP contribution < -0.4 is 5.32 Å². The molecule has 0 spiro atoms. The molecule has 2 aromatic rings. The number of benzene rings is 1. The van der Waals surface area contributed by atoms with E-state index in [1.54, 1.807) is 18.3 Å². The number of rotatable bonds is 5. The van der Waals surface area contributed by atoms with Crippen molar-refractivity contribution in [3.05, 3.63) is 64.0 Å². The van der Waals surface area contributed by atoms with Crippen LogP contribution in [0.25, 0.3) is 0 Å². The molecule has 3 rings (SSSR count). The molecule has 0 aliphatic carbocycles.